The average molecular weight is 288 g/mol. The molecule has 0 radical (unpaired) electrons. The Bertz CT molecular complexity index is 581. The van der Waals surface area contributed by atoms with Crippen LogP contribution in [0.4, 0.5) is 18.9 Å². The largest absolute Gasteiger partial charge is 0.485 e. The van der Waals surface area contributed by atoms with E-state index in [0.717, 1.165) is 22.8 Å². The van der Waals surface area contributed by atoms with Crippen LogP contribution in [0, 0.1) is 6.92 Å². The van der Waals surface area contributed by atoms with Gasteiger partial charge in [0.05, 0.1) is 22.0 Å². The lowest BCUT2D eigenvalue weighted by Crippen LogP contribution is -2.06. The Morgan fingerprint density at radius 3 is 2.63 bits per heavy atom. The molecule has 0 fully saturated rings. The minimum absolute atomic E-state index is 0.0400. The predicted molar refractivity (Wildman–Crippen MR) is 67.0 cm³/mol. The Morgan fingerprint density at radius 2 is 2.11 bits per heavy atom. The van der Waals surface area contributed by atoms with Gasteiger partial charge in [0.25, 0.3) is 0 Å². The molecule has 0 unspecified atom stereocenters. The third-order valence-electron chi connectivity index (χ3n) is 2.38. The van der Waals surface area contributed by atoms with Crippen molar-refractivity contribution in [2.75, 3.05) is 5.73 Å². The molecule has 7 heteroatoms. The van der Waals surface area contributed by atoms with Crippen molar-refractivity contribution in [3.63, 3.8) is 0 Å². The van der Waals surface area contributed by atoms with Crippen LogP contribution >= 0.6 is 11.3 Å². The number of aryl methyl sites for hydroxylation is 1. The maximum atomic E-state index is 12.4. The van der Waals surface area contributed by atoms with Crippen LogP contribution in [0.15, 0.2) is 23.6 Å². The summed E-state index contributed by atoms with van der Waals surface area (Å²) in [6.07, 6.45) is -4.40. The lowest BCUT2D eigenvalue weighted by Gasteiger charge is -2.11. The summed E-state index contributed by atoms with van der Waals surface area (Å²) in [4.78, 5) is 4.18. The Hall–Kier alpha value is -1.76. The monoisotopic (exact) mass is 288 g/mol. The Balaban J connectivity index is 2.09. The van der Waals surface area contributed by atoms with E-state index >= 15 is 0 Å². The van der Waals surface area contributed by atoms with Crippen LogP contribution in [0.25, 0.3) is 0 Å². The van der Waals surface area contributed by atoms with Crippen LogP contribution in [0.3, 0.4) is 0 Å². The first-order chi connectivity index (χ1) is 8.86. The van der Waals surface area contributed by atoms with Gasteiger partial charge in [-0.1, -0.05) is 0 Å². The first-order valence-electron chi connectivity index (χ1n) is 5.37. The molecule has 0 saturated heterocycles. The van der Waals surface area contributed by atoms with E-state index in [0.29, 0.717) is 0 Å². The normalized spacial score (nSPS) is 11.6. The van der Waals surface area contributed by atoms with E-state index in [-0.39, 0.29) is 18.0 Å². The average Bonchev–Trinajstić information content (AvgIpc) is 2.72. The van der Waals surface area contributed by atoms with Gasteiger partial charge < -0.3 is 10.5 Å². The highest BCUT2D eigenvalue weighted by Gasteiger charge is 2.30. The van der Waals surface area contributed by atoms with Crippen molar-refractivity contribution in [3.05, 3.63) is 39.8 Å². The number of rotatable bonds is 3. The molecule has 2 N–H and O–H groups in total. The number of alkyl halides is 3. The summed E-state index contributed by atoms with van der Waals surface area (Å²) < 4.78 is 42.7. The molecular weight excluding hydrogens is 277 g/mol. The number of hydrogen-bond donors (Lipinski definition) is 1. The van der Waals surface area contributed by atoms with Crippen molar-refractivity contribution < 1.29 is 17.9 Å². The highest BCUT2D eigenvalue weighted by Crippen LogP contribution is 2.33. The number of benzene rings is 1. The van der Waals surface area contributed by atoms with E-state index in [9.17, 15) is 13.2 Å². The smallest absolute Gasteiger partial charge is 0.416 e. The Kier molecular flexibility index (Phi) is 3.66. The van der Waals surface area contributed by atoms with E-state index in [1.807, 2.05) is 12.3 Å². The Labute approximate surface area is 111 Å². The SMILES string of the molecule is Cc1nc(COc2ccc(C(F)(F)F)cc2N)cs1. The van der Waals surface area contributed by atoms with Gasteiger partial charge in [-0.2, -0.15) is 13.2 Å². The highest BCUT2D eigenvalue weighted by molar-refractivity contribution is 7.09. The summed E-state index contributed by atoms with van der Waals surface area (Å²) in [6.45, 7) is 2.04. The van der Waals surface area contributed by atoms with E-state index in [2.05, 4.69) is 4.98 Å². The molecule has 1 heterocycles. The van der Waals surface area contributed by atoms with Gasteiger partial charge in [0.15, 0.2) is 0 Å². The van der Waals surface area contributed by atoms with Gasteiger partial charge >= 0.3 is 6.18 Å². The summed E-state index contributed by atoms with van der Waals surface area (Å²) in [5.74, 6) is 0.221. The third-order valence-corrected chi connectivity index (χ3v) is 3.20. The van der Waals surface area contributed by atoms with Crippen LogP contribution in [0.1, 0.15) is 16.3 Å². The molecule has 2 rings (SSSR count). The lowest BCUT2D eigenvalue weighted by molar-refractivity contribution is -0.137. The number of nitrogens with two attached hydrogens (primary N) is 1. The molecule has 0 amide bonds. The molecule has 0 aliphatic carbocycles. The Morgan fingerprint density at radius 1 is 1.37 bits per heavy atom. The zero-order valence-corrected chi connectivity index (χ0v) is 10.8. The molecule has 1 aromatic heterocycles. The van der Waals surface area contributed by atoms with Gasteiger partial charge in [0, 0.05) is 5.38 Å². The molecule has 1 aromatic carbocycles. The fourth-order valence-corrected chi connectivity index (χ4v) is 2.08. The van der Waals surface area contributed by atoms with Crippen molar-refractivity contribution in [2.45, 2.75) is 19.7 Å². The summed E-state index contributed by atoms with van der Waals surface area (Å²) >= 11 is 1.48. The van der Waals surface area contributed by atoms with Crippen LogP contribution in [-0.4, -0.2) is 4.98 Å². The maximum Gasteiger partial charge on any atom is 0.416 e. The number of aromatic nitrogens is 1. The van der Waals surface area contributed by atoms with Crippen molar-refractivity contribution in [3.8, 4) is 5.75 Å². The number of anilines is 1. The van der Waals surface area contributed by atoms with E-state index in [1.54, 1.807) is 0 Å². The second-order valence-corrected chi connectivity index (χ2v) is 4.96. The van der Waals surface area contributed by atoms with Crippen LogP contribution < -0.4 is 10.5 Å². The van der Waals surface area contributed by atoms with Gasteiger partial charge in [-0.05, 0) is 25.1 Å². The molecule has 0 aliphatic heterocycles. The summed E-state index contributed by atoms with van der Waals surface area (Å²) in [6, 6.07) is 3.02. The maximum absolute atomic E-state index is 12.4. The van der Waals surface area contributed by atoms with E-state index in [4.69, 9.17) is 10.5 Å². The second kappa shape index (κ2) is 5.08. The molecule has 102 valence electrons. The van der Waals surface area contributed by atoms with Crippen LogP contribution in [-0.2, 0) is 12.8 Å². The molecule has 0 saturated carbocycles. The minimum atomic E-state index is -4.40. The lowest BCUT2D eigenvalue weighted by atomic mass is 10.2. The number of hydrogen-bond acceptors (Lipinski definition) is 4. The minimum Gasteiger partial charge on any atom is -0.485 e. The van der Waals surface area contributed by atoms with Crippen molar-refractivity contribution in [1.82, 2.24) is 4.98 Å². The van der Waals surface area contributed by atoms with E-state index < -0.39 is 11.7 Å². The van der Waals surface area contributed by atoms with Crippen molar-refractivity contribution in [2.24, 2.45) is 0 Å². The fourth-order valence-electron chi connectivity index (χ4n) is 1.48. The van der Waals surface area contributed by atoms with Gasteiger partial charge in [0.1, 0.15) is 12.4 Å². The fraction of sp³-hybridized carbons (Fsp3) is 0.250. The number of thiazole rings is 1. The second-order valence-electron chi connectivity index (χ2n) is 3.90. The predicted octanol–water partition coefficient (Wildman–Crippen LogP) is 3.63. The van der Waals surface area contributed by atoms with Gasteiger partial charge in [0.2, 0.25) is 0 Å². The molecular formula is C12H11F3N2OS. The van der Waals surface area contributed by atoms with Crippen LogP contribution in [0.5, 0.6) is 5.75 Å². The molecule has 0 spiro atoms. The van der Waals surface area contributed by atoms with Gasteiger partial charge in [-0.15, -0.1) is 11.3 Å². The van der Waals surface area contributed by atoms with E-state index in [1.165, 1.54) is 17.4 Å². The third kappa shape index (κ3) is 3.37. The molecule has 2 aromatic rings. The molecule has 19 heavy (non-hydrogen) atoms. The van der Waals surface area contributed by atoms with Crippen LogP contribution in [0.2, 0.25) is 0 Å². The van der Waals surface area contributed by atoms with Gasteiger partial charge in [-0.25, -0.2) is 4.98 Å². The first-order valence-corrected chi connectivity index (χ1v) is 6.25. The number of nitrogen functional groups attached to an aromatic ring is 1. The number of nitrogens with zero attached hydrogens (tertiary/aromatic N) is 1. The highest BCUT2D eigenvalue weighted by atomic mass is 32.1. The van der Waals surface area contributed by atoms with Gasteiger partial charge in [-0.3, -0.25) is 0 Å². The molecule has 3 nitrogen and oxygen atoms in total. The molecule has 0 bridgehead atoms. The first kappa shape index (κ1) is 13.7. The number of ether oxygens (including phenoxy) is 1. The quantitative estimate of drug-likeness (QED) is 0.877. The van der Waals surface area contributed by atoms with Crippen molar-refractivity contribution in [1.29, 1.82) is 0 Å². The molecule has 0 atom stereocenters. The topological polar surface area (TPSA) is 48.1 Å². The standard InChI is InChI=1S/C12H11F3N2OS/c1-7-17-9(6-19-7)5-18-11-3-2-8(4-10(11)16)12(13,14)15/h2-4,6H,5,16H2,1H3. The number of halogens is 3. The van der Waals surface area contributed by atoms with Crippen molar-refractivity contribution >= 4 is 17.0 Å². The molecule has 0 aliphatic rings. The zero-order chi connectivity index (χ0) is 14.0. The zero-order valence-electron chi connectivity index (χ0n) is 9.99. The summed E-state index contributed by atoms with van der Waals surface area (Å²) in [7, 11) is 0. The summed E-state index contributed by atoms with van der Waals surface area (Å²) in [5.41, 5.74) is 5.44. The summed E-state index contributed by atoms with van der Waals surface area (Å²) in [5, 5.41) is 2.73.